The van der Waals surface area contributed by atoms with E-state index in [9.17, 15) is 0 Å². The van der Waals surface area contributed by atoms with Crippen LogP contribution >= 0.6 is 15.2 Å². The molecule has 0 aromatic heterocycles. The molecule has 0 aliphatic rings. The summed E-state index contributed by atoms with van der Waals surface area (Å²) in [6, 6.07) is 49.6. The van der Waals surface area contributed by atoms with E-state index in [1.54, 1.807) is 0 Å². The fourth-order valence-corrected chi connectivity index (χ4v) is 9.52. The van der Waals surface area contributed by atoms with Crippen molar-refractivity contribution < 1.29 is 4.74 Å². The zero-order chi connectivity index (χ0) is 24.1. The molecule has 0 N–H and O–H groups in total. The van der Waals surface area contributed by atoms with Gasteiger partial charge in [0, 0.05) is 5.30 Å². The van der Waals surface area contributed by atoms with Gasteiger partial charge < -0.3 is 4.74 Å². The Hall–Kier alpha value is -3.24. The second-order valence-corrected chi connectivity index (χ2v) is 14.3. The third kappa shape index (κ3) is 4.81. The van der Waals surface area contributed by atoms with E-state index in [2.05, 4.69) is 153 Å². The predicted molar refractivity (Wildman–Crippen MR) is 156 cm³/mol. The molecule has 172 valence electrons. The fraction of sp³-hybridized carbons (Fsp3) is 0.0625. The molecule has 0 bridgehead atoms. The standard InChI is InChI=1S/C32H29OP2/c1-34(26-16-6-3-7-17-26)31-24-14-12-22-29(31)33-30-23-13-15-25-32(30)35(2,27-18-8-4-9-19-27)28-20-10-5-11-21-28/h3-25H,1-2H3/q+1/t34-/m0/s1. The summed E-state index contributed by atoms with van der Waals surface area (Å²) in [4.78, 5) is 0. The van der Waals surface area contributed by atoms with Gasteiger partial charge in [0.2, 0.25) is 0 Å². The summed E-state index contributed by atoms with van der Waals surface area (Å²) < 4.78 is 6.82. The van der Waals surface area contributed by atoms with Crippen molar-refractivity contribution in [3.63, 3.8) is 0 Å². The molecule has 5 aromatic carbocycles. The first-order valence-electron chi connectivity index (χ1n) is 11.8. The summed E-state index contributed by atoms with van der Waals surface area (Å²) in [5, 5.41) is 6.54. The van der Waals surface area contributed by atoms with Crippen LogP contribution in [0.15, 0.2) is 140 Å². The van der Waals surface area contributed by atoms with E-state index >= 15 is 0 Å². The van der Waals surface area contributed by atoms with E-state index in [1.807, 2.05) is 0 Å². The molecular formula is C32H29OP2+. The third-order valence-corrected chi connectivity index (χ3v) is 12.6. The van der Waals surface area contributed by atoms with Crippen LogP contribution in [0.5, 0.6) is 11.5 Å². The summed E-state index contributed by atoms with van der Waals surface area (Å²) in [6.45, 7) is 4.71. The molecule has 0 spiro atoms. The molecular weight excluding hydrogens is 462 g/mol. The monoisotopic (exact) mass is 491 g/mol. The minimum atomic E-state index is -1.92. The Morgan fingerprint density at radius 3 is 1.57 bits per heavy atom. The number of para-hydroxylation sites is 2. The molecule has 3 heteroatoms. The molecule has 0 aliphatic carbocycles. The second kappa shape index (κ2) is 10.6. The normalized spacial score (nSPS) is 12.2. The minimum absolute atomic E-state index is 0.529. The average molecular weight is 492 g/mol. The maximum atomic E-state index is 6.82. The van der Waals surface area contributed by atoms with Crippen LogP contribution in [0.25, 0.3) is 0 Å². The molecule has 1 atom stereocenters. The molecule has 0 unspecified atom stereocenters. The van der Waals surface area contributed by atoms with Crippen LogP contribution in [0.4, 0.5) is 0 Å². The molecule has 35 heavy (non-hydrogen) atoms. The first kappa shape index (κ1) is 23.5. The molecule has 0 heterocycles. The number of rotatable bonds is 7. The summed E-state index contributed by atoms with van der Waals surface area (Å²) in [5.41, 5.74) is 0. The van der Waals surface area contributed by atoms with Crippen molar-refractivity contribution in [3.05, 3.63) is 140 Å². The van der Waals surface area contributed by atoms with Crippen LogP contribution in [0.2, 0.25) is 0 Å². The number of hydrogen-bond acceptors (Lipinski definition) is 1. The van der Waals surface area contributed by atoms with Crippen LogP contribution in [0, 0.1) is 0 Å². The smallest absolute Gasteiger partial charge is 0.170 e. The Balaban J connectivity index is 1.62. The largest absolute Gasteiger partial charge is 0.453 e. The SMILES string of the molecule is C[P@@](c1ccccc1)c1ccccc1Oc1ccccc1[P+](C)(c1ccccc1)c1ccccc1. The van der Waals surface area contributed by atoms with Gasteiger partial charge in [-0.2, -0.15) is 0 Å². The van der Waals surface area contributed by atoms with Crippen molar-refractivity contribution in [2.45, 2.75) is 0 Å². The quantitative estimate of drug-likeness (QED) is 0.237. The Morgan fingerprint density at radius 1 is 0.514 bits per heavy atom. The van der Waals surface area contributed by atoms with Crippen LogP contribution < -0.4 is 31.3 Å². The molecule has 0 saturated carbocycles. The topological polar surface area (TPSA) is 9.23 Å². The highest BCUT2D eigenvalue weighted by molar-refractivity contribution is 7.95. The Morgan fingerprint density at radius 2 is 0.971 bits per heavy atom. The van der Waals surface area contributed by atoms with E-state index in [1.165, 1.54) is 26.5 Å². The van der Waals surface area contributed by atoms with E-state index in [0.717, 1.165) is 11.5 Å². The van der Waals surface area contributed by atoms with Gasteiger partial charge in [0.1, 0.15) is 28.9 Å². The highest BCUT2D eigenvalue weighted by Gasteiger charge is 2.42. The summed E-state index contributed by atoms with van der Waals surface area (Å²) in [7, 11) is -2.45. The van der Waals surface area contributed by atoms with Crippen molar-refractivity contribution in [1.82, 2.24) is 0 Å². The van der Waals surface area contributed by atoms with Crippen molar-refractivity contribution in [2.24, 2.45) is 0 Å². The highest BCUT2D eigenvalue weighted by atomic mass is 31.2. The third-order valence-electron chi connectivity index (χ3n) is 6.48. The molecule has 0 aliphatic heterocycles. The van der Waals surface area contributed by atoms with Crippen molar-refractivity contribution in [3.8, 4) is 11.5 Å². The molecule has 0 amide bonds. The van der Waals surface area contributed by atoms with Gasteiger partial charge in [-0.3, -0.25) is 0 Å². The lowest BCUT2D eigenvalue weighted by atomic mass is 10.3. The molecule has 1 nitrogen and oxygen atoms in total. The molecule has 0 saturated heterocycles. The van der Waals surface area contributed by atoms with Gasteiger partial charge in [-0.15, -0.1) is 0 Å². The van der Waals surface area contributed by atoms with Gasteiger partial charge in [-0.05, 0) is 62.4 Å². The van der Waals surface area contributed by atoms with E-state index in [4.69, 9.17) is 4.74 Å². The zero-order valence-electron chi connectivity index (χ0n) is 20.1. The van der Waals surface area contributed by atoms with Crippen LogP contribution in [0.3, 0.4) is 0 Å². The summed E-state index contributed by atoms with van der Waals surface area (Å²) in [5.74, 6) is 1.87. The second-order valence-electron chi connectivity index (χ2n) is 8.61. The summed E-state index contributed by atoms with van der Waals surface area (Å²) in [6.07, 6.45) is 0. The number of hydrogen-bond donors (Lipinski definition) is 0. The molecule has 5 aromatic rings. The van der Waals surface area contributed by atoms with Crippen LogP contribution in [0.1, 0.15) is 0 Å². The van der Waals surface area contributed by atoms with Crippen LogP contribution in [-0.2, 0) is 0 Å². The number of benzene rings is 5. The van der Waals surface area contributed by atoms with Gasteiger partial charge >= 0.3 is 0 Å². The molecule has 0 fully saturated rings. The first-order chi connectivity index (χ1) is 17.2. The van der Waals surface area contributed by atoms with Crippen molar-refractivity contribution >= 4 is 41.7 Å². The van der Waals surface area contributed by atoms with Gasteiger partial charge in [-0.25, -0.2) is 0 Å². The van der Waals surface area contributed by atoms with Gasteiger partial charge in [0.05, 0.1) is 6.66 Å². The van der Waals surface area contributed by atoms with E-state index in [-0.39, 0.29) is 0 Å². The predicted octanol–water partition coefficient (Wildman–Crippen LogP) is 6.47. The van der Waals surface area contributed by atoms with Crippen LogP contribution in [-0.4, -0.2) is 13.3 Å². The molecule has 0 radical (unpaired) electrons. The first-order valence-corrected chi connectivity index (χ1v) is 15.8. The Bertz CT molecular complexity index is 1350. The fourth-order valence-electron chi connectivity index (χ4n) is 4.52. The van der Waals surface area contributed by atoms with Gasteiger partial charge in [0.15, 0.2) is 5.75 Å². The zero-order valence-corrected chi connectivity index (χ0v) is 21.9. The lowest BCUT2D eigenvalue weighted by Gasteiger charge is -2.25. The maximum absolute atomic E-state index is 6.82. The average Bonchev–Trinajstić information content (AvgIpc) is 2.94. The lowest BCUT2D eigenvalue weighted by Crippen LogP contribution is -2.31. The summed E-state index contributed by atoms with van der Waals surface area (Å²) >= 11 is 0. The van der Waals surface area contributed by atoms with Gasteiger partial charge in [0.25, 0.3) is 0 Å². The number of ether oxygens (including phenoxy) is 1. The van der Waals surface area contributed by atoms with Gasteiger partial charge in [-0.1, -0.05) is 97.1 Å². The van der Waals surface area contributed by atoms with E-state index < -0.39 is 15.2 Å². The lowest BCUT2D eigenvalue weighted by molar-refractivity contribution is 0.490. The Kier molecular flexibility index (Phi) is 7.10. The molecule has 5 rings (SSSR count). The van der Waals surface area contributed by atoms with E-state index in [0.29, 0.717) is 0 Å². The highest BCUT2D eigenvalue weighted by Crippen LogP contribution is 2.54. The van der Waals surface area contributed by atoms with Crippen molar-refractivity contribution in [2.75, 3.05) is 13.3 Å². The Labute approximate surface area is 210 Å². The maximum Gasteiger partial charge on any atom is 0.170 e. The minimum Gasteiger partial charge on any atom is -0.453 e. The van der Waals surface area contributed by atoms with Crippen molar-refractivity contribution in [1.29, 1.82) is 0 Å².